The van der Waals surface area contributed by atoms with Crippen molar-refractivity contribution in [2.75, 3.05) is 41.4 Å². The number of aromatic nitrogens is 2. The third kappa shape index (κ3) is 6.32. The summed E-state index contributed by atoms with van der Waals surface area (Å²) < 4.78 is 56.1. The van der Waals surface area contributed by atoms with Gasteiger partial charge in [0, 0.05) is 13.1 Å². The fourth-order valence-electron chi connectivity index (χ4n) is 5.22. The van der Waals surface area contributed by atoms with Gasteiger partial charge in [0.05, 0.1) is 24.5 Å². The zero-order valence-corrected chi connectivity index (χ0v) is 23.2. The van der Waals surface area contributed by atoms with Gasteiger partial charge >= 0.3 is 12.2 Å². The summed E-state index contributed by atoms with van der Waals surface area (Å²) >= 11 is 0. The number of piperidine rings is 1. The Morgan fingerprint density at radius 1 is 1.29 bits per heavy atom. The number of carbonyl (C=O) groups excluding carboxylic acids is 2. The number of anilines is 3. The second kappa shape index (κ2) is 11.0. The molecule has 2 bridgehead atoms. The van der Waals surface area contributed by atoms with Gasteiger partial charge in [-0.2, -0.15) is 13.2 Å². The normalized spacial score (nSPS) is 22.1. The van der Waals surface area contributed by atoms with Gasteiger partial charge < -0.3 is 24.4 Å². The van der Waals surface area contributed by atoms with E-state index in [4.69, 9.17) is 14.2 Å². The molecule has 0 saturated carbocycles. The van der Waals surface area contributed by atoms with Gasteiger partial charge in [-0.1, -0.05) is 0 Å². The van der Waals surface area contributed by atoms with Gasteiger partial charge in [-0.3, -0.25) is 15.0 Å². The number of carbonyl (C=O) groups is 2. The van der Waals surface area contributed by atoms with E-state index in [-0.39, 0.29) is 36.1 Å². The van der Waals surface area contributed by atoms with E-state index in [1.54, 1.807) is 19.1 Å². The lowest BCUT2D eigenvalue weighted by molar-refractivity contribution is -0.149. The lowest BCUT2D eigenvalue weighted by atomic mass is 9.98. The number of pyridine rings is 2. The van der Waals surface area contributed by atoms with E-state index < -0.39 is 29.9 Å². The lowest BCUT2D eigenvalue weighted by Gasteiger charge is -2.46. The summed E-state index contributed by atoms with van der Waals surface area (Å²) in [7, 11) is 0. The van der Waals surface area contributed by atoms with E-state index >= 15 is 0 Å². The van der Waals surface area contributed by atoms with Crippen LogP contribution >= 0.6 is 0 Å². The maximum atomic E-state index is 13.6. The number of nitrogens with one attached hydrogen (secondary N) is 2. The molecule has 41 heavy (non-hydrogen) atoms. The molecule has 2 N–H and O–H groups in total. The molecular formula is C27H33F3N6O5. The summed E-state index contributed by atoms with van der Waals surface area (Å²) in [5.74, 6) is -0.633. The number of amides is 3. The fraction of sp³-hybridized carbons (Fsp3) is 0.556. The first kappa shape index (κ1) is 28.9. The summed E-state index contributed by atoms with van der Waals surface area (Å²) in [5.41, 5.74) is 1.11. The standard InChI is InChI=1S/C27H33F3N6O5/c1-15-10-20(24(37)32-16(2)27(28,29)30)33-23-22(15)35-9-5-6-17(12-35)36(23)25(38)34-21-8-7-18(11-31-21)39-13-19-14-40-26(3,4)41-19/h7-8,10-11,16-17,19H,5-6,9,12-14H2,1-4H3,(H,32,37)(H,31,34,38)/t16?,17-,19+/m0/s1. The Morgan fingerprint density at radius 2 is 2.07 bits per heavy atom. The predicted octanol–water partition coefficient (Wildman–Crippen LogP) is 4.02. The minimum Gasteiger partial charge on any atom is -0.489 e. The van der Waals surface area contributed by atoms with Gasteiger partial charge in [0.2, 0.25) is 0 Å². The number of aryl methyl sites for hydroxylation is 1. The molecule has 5 heterocycles. The van der Waals surface area contributed by atoms with Gasteiger partial charge in [0.1, 0.15) is 36.0 Å². The van der Waals surface area contributed by atoms with E-state index in [9.17, 15) is 22.8 Å². The molecule has 1 unspecified atom stereocenters. The van der Waals surface area contributed by atoms with E-state index in [1.807, 2.05) is 19.2 Å². The number of fused-ring (bicyclic) bond motifs is 4. The molecule has 222 valence electrons. The molecule has 2 aromatic heterocycles. The average molecular weight is 579 g/mol. The van der Waals surface area contributed by atoms with Gasteiger partial charge in [-0.05, 0) is 64.3 Å². The van der Waals surface area contributed by atoms with Crippen LogP contribution in [0.2, 0.25) is 0 Å². The molecule has 3 amide bonds. The number of nitrogens with zero attached hydrogens (tertiary/aromatic N) is 4. The SMILES string of the molecule is Cc1cc(C(=O)NC(C)C(F)(F)F)nc2c1N1CCC[C@@H](C1)N2C(=O)Nc1ccc(OC[C@@H]2COC(C)(C)O2)cn1. The smallest absolute Gasteiger partial charge is 0.408 e. The average Bonchev–Trinajstić information content (AvgIpc) is 3.25. The fourth-order valence-corrected chi connectivity index (χ4v) is 5.22. The maximum absolute atomic E-state index is 13.6. The largest absolute Gasteiger partial charge is 0.489 e. The third-order valence-corrected chi connectivity index (χ3v) is 7.24. The Hall–Kier alpha value is -3.65. The number of hydrogen-bond acceptors (Lipinski definition) is 8. The summed E-state index contributed by atoms with van der Waals surface area (Å²) in [6, 6.07) is 1.92. The van der Waals surface area contributed by atoms with Crippen LogP contribution in [0.15, 0.2) is 24.4 Å². The first-order valence-electron chi connectivity index (χ1n) is 13.5. The van der Waals surface area contributed by atoms with E-state index in [1.165, 1.54) is 17.2 Å². The summed E-state index contributed by atoms with van der Waals surface area (Å²) in [6.45, 7) is 8.29. The molecule has 3 atom stereocenters. The van der Waals surface area contributed by atoms with Crippen LogP contribution in [0.4, 0.5) is 35.3 Å². The Balaban J connectivity index is 1.32. The minimum atomic E-state index is -4.60. The molecule has 2 fully saturated rings. The highest BCUT2D eigenvalue weighted by molar-refractivity contribution is 6.05. The molecule has 11 nitrogen and oxygen atoms in total. The van der Waals surface area contributed by atoms with Crippen molar-refractivity contribution < 1.29 is 37.0 Å². The molecule has 2 saturated heterocycles. The van der Waals surface area contributed by atoms with Gasteiger partial charge in [-0.25, -0.2) is 14.8 Å². The van der Waals surface area contributed by atoms with Crippen molar-refractivity contribution in [2.24, 2.45) is 0 Å². The number of halogens is 3. The Bertz CT molecular complexity index is 1310. The van der Waals surface area contributed by atoms with Crippen molar-refractivity contribution in [3.63, 3.8) is 0 Å². The Kier molecular flexibility index (Phi) is 7.72. The van der Waals surface area contributed by atoms with Gasteiger partial charge in [-0.15, -0.1) is 0 Å². The minimum absolute atomic E-state index is 0.198. The van der Waals surface area contributed by atoms with Crippen molar-refractivity contribution in [1.82, 2.24) is 15.3 Å². The molecular weight excluding hydrogens is 545 g/mol. The monoisotopic (exact) mass is 578 g/mol. The van der Waals surface area contributed by atoms with Crippen molar-refractivity contribution in [3.8, 4) is 5.75 Å². The lowest BCUT2D eigenvalue weighted by Crippen LogP contribution is -2.56. The van der Waals surface area contributed by atoms with Crippen LogP contribution in [0.5, 0.6) is 5.75 Å². The zero-order chi connectivity index (χ0) is 29.5. The van der Waals surface area contributed by atoms with Crippen LogP contribution in [0.3, 0.4) is 0 Å². The van der Waals surface area contributed by atoms with Crippen LogP contribution in [0.25, 0.3) is 0 Å². The predicted molar refractivity (Wildman–Crippen MR) is 143 cm³/mol. The van der Waals surface area contributed by atoms with E-state index in [0.29, 0.717) is 36.6 Å². The first-order valence-corrected chi connectivity index (χ1v) is 13.5. The summed E-state index contributed by atoms with van der Waals surface area (Å²) in [4.78, 5) is 38.6. The van der Waals surface area contributed by atoms with Gasteiger partial charge in [0.15, 0.2) is 11.6 Å². The number of ether oxygens (including phenoxy) is 3. The van der Waals surface area contributed by atoms with Crippen molar-refractivity contribution in [2.45, 2.75) is 70.7 Å². The number of rotatable bonds is 6. The highest BCUT2D eigenvalue weighted by Crippen LogP contribution is 2.40. The van der Waals surface area contributed by atoms with Crippen LogP contribution < -0.4 is 25.2 Å². The number of hydrogen-bond donors (Lipinski definition) is 2. The quantitative estimate of drug-likeness (QED) is 0.528. The zero-order valence-electron chi connectivity index (χ0n) is 23.2. The third-order valence-electron chi connectivity index (χ3n) is 7.24. The van der Waals surface area contributed by atoms with Crippen molar-refractivity contribution in [3.05, 3.63) is 35.7 Å². The molecule has 0 radical (unpaired) electrons. The van der Waals surface area contributed by atoms with E-state index in [0.717, 1.165) is 19.9 Å². The van der Waals surface area contributed by atoms with E-state index in [2.05, 4.69) is 20.2 Å². The van der Waals surface area contributed by atoms with Gasteiger partial charge in [0.25, 0.3) is 5.91 Å². The van der Waals surface area contributed by atoms with Crippen LogP contribution in [0.1, 0.15) is 49.7 Å². The molecule has 0 spiro atoms. The topological polar surface area (TPSA) is 118 Å². The number of alkyl halides is 3. The maximum Gasteiger partial charge on any atom is 0.408 e. The van der Waals surface area contributed by atoms with Crippen LogP contribution in [-0.4, -0.2) is 78.4 Å². The van der Waals surface area contributed by atoms with Crippen LogP contribution in [-0.2, 0) is 9.47 Å². The first-order chi connectivity index (χ1) is 19.3. The number of urea groups is 1. The summed E-state index contributed by atoms with van der Waals surface area (Å²) in [6.07, 6.45) is -1.78. The molecule has 2 aromatic rings. The second-order valence-corrected chi connectivity index (χ2v) is 10.9. The molecule has 3 aliphatic heterocycles. The Labute approximate surface area is 235 Å². The van der Waals surface area contributed by atoms with Crippen molar-refractivity contribution in [1.29, 1.82) is 0 Å². The second-order valence-electron chi connectivity index (χ2n) is 10.9. The Morgan fingerprint density at radius 3 is 2.73 bits per heavy atom. The molecule has 3 aliphatic rings. The highest BCUT2D eigenvalue weighted by Gasteiger charge is 2.41. The molecule has 0 aromatic carbocycles. The van der Waals surface area contributed by atoms with Crippen LogP contribution in [0, 0.1) is 6.92 Å². The van der Waals surface area contributed by atoms with Crippen molar-refractivity contribution >= 4 is 29.3 Å². The molecule has 14 heteroatoms. The summed E-state index contributed by atoms with van der Waals surface area (Å²) in [5, 5.41) is 4.72. The highest BCUT2D eigenvalue weighted by atomic mass is 19.4. The molecule has 5 rings (SSSR count). The molecule has 0 aliphatic carbocycles.